The van der Waals surface area contributed by atoms with Crippen LogP contribution in [-0.4, -0.2) is 33.6 Å². The van der Waals surface area contributed by atoms with Crippen LogP contribution < -0.4 is 21.6 Å². The number of carbonyl (C=O) groups excluding carboxylic acids is 1. The van der Waals surface area contributed by atoms with E-state index >= 15 is 0 Å². The first-order valence-electron chi connectivity index (χ1n) is 6.28. The Morgan fingerprint density at radius 3 is 2.68 bits per heavy atom. The number of carbonyl (C=O) groups is 1. The van der Waals surface area contributed by atoms with E-state index in [2.05, 4.69) is 36.4 Å². The molecule has 118 valence electrons. The fourth-order valence-electron chi connectivity index (χ4n) is 1.20. The second-order valence-electron chi connectivity index (χ2n) is 3.78. The zero-order valence-electron chi connectivity index (χ0n) is 12.0. The molecule has 0 bridgehead atoms. The standard InChI is InChI=1S/C12H16N6O2S2/c1-3-20-12(19)14-10(21)16-18-11(22)17-15-8(2)9-6-4-5-7-13-9/h4-7H,3H2,1-2H3,(H2,17,18,22)(H2,14,16,19,21)/b15-8+. The molecule has 0 atom stereocenters. The summed E-state index contributed by atoms with van der Waals surface area (Å²) in [4.78, 5) is 15.3. The second kappa shape index (κ2) is 9.58. The Hall–Kier alpha value is -2.33. The highest BCUT2D eigenvalue weighted by molar-refractivity contribution is 7.80. The Kier molecular flexibility index (Phi) is 7.72. The molecule has 4 N–H and O–H groups in total. The number of hydrogen-bond acceptors (Lipinski definition) is 6. The molecule has 0 radical (unpaired) electrons. The monoisotopic (exact) mass is 340 g/mol. The van der Waals surface area contributed by atoms with E-state index in [1.165, 1.54) is 0 Å². The largest absolute Gasteiger partial charge is 0.450 e. The maximum Gasteiger partial charge on any atom is 0.413 e. The number of alkyl carbamates (subject to hydrolysis) is 1. The van der Waals surface area contributed by atoms with Gasteiger partial charge in [-0.2, -0.15) is 5.10 Å². The molecular formula is C12H16N6O2S2. The van der Waals surface area contributed by atoms with Gasteiger partial charge < -0.3 is 4.74 Å². The highest BCUT2D eigenvalue weighted by Crippen LogP contribution is 1.94. The van der Waals surface area contributed by atoms with E-state index in [4.69, 9.17) is 24.4 Å². The third-order valence-electron chi connectivity index (χ3n) is 2.14. The zero-order chi connectivity index (χ0) is 16.4. The number of ether oxygens (including phenoxy) is 1. The van der Waals surface area contributed by atoms with Gasteiger partial charge in [0.2, 0.25) is 5.11 Å². The third-order valence-corrected chi connectivity index (χ3v) is 2.54. The number of thiocarbonyl (C=S) groups is 2. The van der Waals surface area contributed by atoms with Gasteiger partial charge in [0, 0.05) is 6.20 Å². The van der Waals surface area contributed by atoms with E-state index in [1.54, 1.807) is 20.0 Å². The van der Waals surface area contributed by atoms with Crippen LogP contribution in [0, 0.1) is 0 Å². The molecule has 10 heteroatoms. The number of amides is 1. The molecular weight excluding hydrogens is 324 g/mol. The second-order valence-corrected chi connectivity index (χ2v) is 4.59. The van der Waals surface area contributed by atoms with Crippen LogP contribution in [0.1, 0.15) is 19.5 Å². The molecule has 1 heterocycles. The van der Waals surface area contributed by atoms with E-state index in [1.807, 2.05) is 18.2 Å². The number of rotatable bonds is 3. The average molecular weight is 340 g/mol. The minimum atomic E-state index is -0.648. The van der Waals surface area contributed by atoms with Gasteiger partial charge in [0.15, 0.2) is 5.11 Å². The number of hydrazine groups is 1. The summed E-state index contributed by atoms with van der Waals surface area (Å²) in [6, 6.07) is 5.50. The molecule has 0 spiro atoms. The molecule has 0 fully saturated rings. The number of nitrogens with one attached hydrogen (secondary N) is 4. The van der Waals surface area contributed by atoms with Crippen molar-refractivity contribution in [2.24, 2.45) is 5.10 Å². The smallest absolute Gasteiger partial charge is 0.413 e. The fourth-order valence-corrected chi connectivity index (χ4v) is 1.43. The van der Waals surface area contributed by atoms with Gasteiger partial charge in [-0.1, -0.05) is 6.07 Å². The van der Waals surface area contributed by atoms with Crippen molar-refractivity contribution in [3.63, 3.8) is 0 Å². The molecule has 0 aromatic carbocycles. The van der Waals surface area contributed by atoms with Crippen molar-refractivity contribution in [3.05, 3.63) is 30.1 Å². The lowest BCUT2D eigenvalue weighted by molar-refractivity contribution is 0.157. The quantitative estimate of drug-likeness (QED) is 0.364. The third kappa shape index (κ3) is 6.90. The van der Waals surface area contributed by atoms with Gasteiger partial charge in [-0.05, 0) is 50.4 Å². The Morgan fingerprint density at radius 1 is 1.32 bits per heavy atom. The maximum absolute atomic E-state index is 11.1. The van der Waals surface area contributed by atoms with Crippen molar-refractivity contribution in [2.45, 2.75) is 13.8 Å². The Balaban J connectivity index is 2.34. The molecule has 1 aromatic heterocycles. The van der Waals surface area contributed by atoms with Crippen LogP contribution >= 0.6 is 24.4 Å². The van der Waals surface area contributed by atoms with E-state index in [-0.39, 0.29) is 16.8 Å². The summed E-state index contributed by atoms with van der Waals surface area (Å²) in [6.45, 7) is 3.73. The molecule has 1 amide bonds. The Bertz CT molecular complexity index is 564. The fraction of sp³-hybridized carbons (Fsp3) is 0.250. The first-order chi connectivity index (χ1) is 10.5. The van der Waals surface area contributed by atoms with Crippen molar-refractivity contribution in [3.8, 4) is 0 Å². The van der Waals surface area contributed by atoms with E-state index in [9.17, 15) is 4.79 Å². The summed E-state index contributed by atoms with van der Waals surface area (Å²) in [5.41, 5.74) is 9.09. The van der Waals surface area contributed by atoms with Gasteiger partial charge in [-0.15, -0.1) is 0 Å². The van der Waals surface area contributed by atoms with Crippen LogP contribution in [0.4, 0.5) is 4.79 Å². The maximum atomic E-state index is 11.1. The van der Waals surface area contributed by atoms with Crippen molar-refractivity contribution in [2.75, 3.05) is 6.61 Å². The van der Waals surface area contributed by atoms with Gasteiger partial charge >= 0.3 is 6.09 Å². The Labute approximate surface area is 138 Å². The first kappa shape index (κ1) is 17.7. The van der Waals surface area contributed by atoms with Crippen LogP contribution in [0.5, 0.6) is 0 Å². The summed E-state index contributed by atoms with van der Waals surface area (Å²) in [5, 5.41) is 6.55. The summed E-state index contributed by atoms with van der Waals surface area (Å²) in [6.07, 6.45) is 1.02. The molecule has 0 aliphatic carbocycles. The highest BCUT2D eigenvalue weighted by atomic mass is 32.1. The van der Waals surface area contributed by atoms with Crippen LogP contribution in [0.15, 0.2) is 29.5 Å². The normalized spacial score (nSPS) is 10.4. The van der Waals surface area contributed by atoms with Gasteiger partial charge in [-0.3, -0.25) is 26.6 Å². The SMILES string of the molecule is CCOC(=O)NC(=S)NNC(=S)N/N=C(\C)c1ccccn1. The topological polar surface area (TPSA) is 99.7 Å². The van der Waals surface area contributed by atoms with Crippen LogP contribution in [0.2, 0.25) is 0 Å². The number of hydrazone groups is 1. The molecule has 1 rings (SSSR count). The van der Waals surface area contributed by atoms with Crippen LogP contribution in [-0.2, 0) is 4.74 Å². The molecule has 0 saturated heterocycles. The zero-order valence-corrected chi connectivity index (χ0v) is 13.7. The van der Waals surface area contributed by atoms with Crippen molar-refractivity contribution >= 4 is 46.5 Å². The van der Waals surface area contributed by atoms with Gasteiger partial charge in [0.25, 0.3) is 0 Å². The summed E-state index contributed by atoms with van der Waals surface area (Å²) < 4.78 is 4.66. The number of nitrogens with zero attached hydrogens (tertiary/aromatic N) is 2. The summed E-state index contributed by atoms with van der Waals surface area (Å²) >= 11 is 9.85. The molecule has 8 nitrogen and oxygen atoms in total. The molecule has 0 aliphatic heterocycles. The van der Waals surface area contributed by atoms with E-state index in [0.29, 0.717) is 5.71 Å². The van der Waals surface area contributed by atoms with Crippen molar-refractivity contribution in [1.29, 1.82) is 0 Å². The number of hydrogen-bond donors (Lipinski definition) is 4. The number of pyridine rings is 1. The first-order valence-corrected chi connectivity index (χ1v) is 7.10. The number of aromatic nitrogens is 1. The lowest BCUT2D eigenvalue weighted by Crippen LogP contribution is -2.50. The molecule has 22 heavy (non-hydrogen) atoms. The van der Waals surface area contributed by atoms with Gasteiger partial charge in [0.05, 0.1) is 18.0 Å². The van der Waals surface area contributed by atoms with Crippen LogP contribution in [0.25, 0.3) is 0 Å². The summed E-state index contributed by atoms with van der Waals surface area (Å²) in [7, 11) is 0. The predicted octanol–water partition coefficient (Wildman–Crippen LogP) is 0.805. The lowest BCUT2D eigenvalue weighted by atomic mass is 10.3. The van der Waals surface area contributed by atoms with Gasteiger partial charge in [0.1, 0.15) is 0 Å². The molecule has 0 saturated carbocycles. The van der Waals surface area contributed by atoms with Crippen molar-refractivity contribution < 1.29 is 9.53 Å². The van der Waals surface area contributed by atoms with Crippen LogP contribution in [0.3, 0.4) is 0 Å². The lowest BCUT2D eigenvalue weighted by Gasteiger charge is -2.11. The van der Waals surface area contributed by atoms with E-state index < -0.39 is 6.09 Å². The van der Waals surface area contributed by atoms with Gasteiger partial charge in [-0.25, -0.2) is 4.79 Å². The molecule has 1 aromatic rings. The predicted molar refractivity (Wildman–Crippen MR) is 91.2 cm³/mol. The average Bonchev–Trinajstić information content (AvgIpc) is 2.51. The highest BCUT2D eigenvalue weighted by Gasteiger charge is 2.04. The van der Waals surface area contributed by atoms with Crippen molar-refractivity contribution in [1.82, 2.24) is 26.6 Å². The summed E-state index contributed by atoms with van der Waals surface area (Å²) in [5.74, 6) is 0. The minimum absolute atomic E-state index is 0.0213. The van der Waals surface area contributed by atoms with E-state index in [0.717, 1.165) is 5.69 Å². The molecule has 0 aliphatic rings. The molecule has 0 unspecified atom stereocenters. The minimum Gasteiger partial charge on any atom is -0.450 e. The Morgan fingerprint density at radius 2 is 2.05 bits per heavy atom.